The first kappa shape index (κ1) is 20.7. The molecule has 4 rings (SSSR count). The molecule has 0 amide bonds. The monoisotopic (exact) mass is 415 g/mol. The van der Waals surface area contributed by atoms with Gasteiger partial charge in [0.25, 0.3) is 0 Å². The largest absolute Gasteiger partial charge is 0.490 e. The maximum atomic E-state index is 11.2. The fraction of sp³-hybridized carbons (Fsp3) is 0.231. The van der Waals surface area contributed by atoms with Gasteiger partial charge >= 0.3 is 5.97 Å². The predicted octanol–water partition coefficient (Wildman–Crippen LogP) is 5.33. The first-order valence-corrected chi connectivity index (χ1v) is 10.4. The Hall–Kier alpha value is -3.60. The number of nitrogens with zero attached hydrogens (tertiary/aromatic N) is 1. The Balaban J connectivity index is 1.33. The van der Waals surface area contributed by atoms with Crippen LogP contribution < -0.4 is 9.47 Å². The van der Waals surface area contributed by atoms with Gasteiger partial charge in [-0.1, -0.05) is 59.8 Å². The van der Waals surface area contributed by atoms with Crippen molar-refractivity contribution in [2.75, 3.05) is 13.2 Å². The molecular formula is C26H25NO4. The van der Waals surface area contributed by atoms with Crippen LogP contribution in [0.25, 0.3) is 11.1 Å². The molecule has 0 radical (unpaired) electrons. The maximum absolute atomic E-state index is 11.2. The van der Waals surface area contributed by atoms with Crippen LogP contribution in [0.4, 0.5) is 0 Å². The Morgan fingerprint density at radius 2 is 1.71 bits per heavy atom. The molecule has 0 bridgehead atoms. The molecule has 0 aliphatic heterocycles. The van der Waals surface area contributed by atoms with E-state index in [9.17, 15) is 4.79 Å². The highest BCUT2D eigenvalue weighted by atomic mass is 16.6. The number of benzene rings is 3. The fourth-order valence-corrected chi connectivity index (χ4v) is 3.70. The first-order chi connectivity index (χ1) is 15.1. The molecule has 5 nitrogen and oxygen atoms in total. The van der Waals surface area contributed by atoms with Gasteiger partial charge in [-0.05, 0) is 48.6 Å². The van der Waals surface area contributed by atoms with Crippen LogP contribution in [-0.2, 0) is 16.1 Å². The second-order valence-electron chi connectivity index (χ2n) is 7.43. The van der Waals surface area contributed by atoms with E-state index in [1.807, 2.05) is 19.1 Å². The minimum absolute atomic E-state index is 0.332. The number of hydrogen-bond acceptors (Lipinski definition) is 5. The van der Waals surface area contributed by atoms with E-state index < -0.39 is 0 Å². The summed E-state index contributed by atoms with van der Waals surface area (Å²) < 4.78 is 11.0. The summed E-state index contributed by atoms with van der Waals surface area (Å²) in [5, 5.41) is 4.34. The van der Waals surface area contributed by atoms with Crippen molar-refractivity contribution >= 4 is 11.7 Å². The summed E-state index contributed by atoms with van der Waals surface area (Å²) in [6.45, 7) is 3.91. The smallest absolute Gasteiger partial charge is 0.308 e. The molecule has 5 heteroatoms. The van der Waals surface area contributed by atoms with Crippen molar-refractivity contribution in [1.82, 2.24) is 0 Å². The number of hydrogen-bond donors (Lipinski definition) is 0. The molecule has 1 aliphatic carbocycles. The highest BCUT2D eigenvalue weighted by Gasteiger charge is 2.19. The van der Waals surface area contributed by atoms with E-state index in [1.54, 1.807) is 12.1 Å². The predicted molar refractivity (Wildman–Crippen MR) is 121 cm³/mol. The Kier molecular flexibility index (Phi) is 6.32. The van der Waals surface area contributed by atoms with E-state index in [2.05, 4.69) is 47.6 Å². The standard InChI is InChI=1S/C26H25NO4/c1-18-25(9-6-10-26(18)31-19(2)28)29-15-16-30-27-24-14-12-22-17-21(11-13-23(22)24)20-7-4-3-5-8-20/h3-11,13,17H,12,14-16H2,1-2H3. The molecule has 1 aliphatic rings. The molecule has 158 valence electrons. The van der Waals surface area contributed by atoms with E-state index in [0.29, 0.717) is 24.7 Å². The molecule has 0 fully saturated rings. The van der Waals surface area contributed by atoms with Gasteiger partial charge in [0, 0.05) is 18.1 Å². The zero-order chi connectivity index (χ0) is 21.6. The molecule has 0 spiro atoms. The SMILES string of the molecule is CC(=O)Oc1cccc(OCCON=C2CCc3cc(-c4ccccc4)ccc32)c1C. The van der Waals surface area contributed by atoms with Gasteiger partial charge in [-0.25, -0.2) is 0 Å². The number of rotatable bonds is 7. The summed E-state index contributed by atoms with van der Waals surface area (Å²) in [6, 6.07) is 22.3. The van der Waals surface area contributed by atoms with Crippen molar-refractivity contribution in [2.45, 2.75) is 26.7 Å². The minimum atomic E-state index is -0.354. The first-order valence-electron chi connectivity index (χ1n) is 10.4. The summed E-state index contributed by atoms with van der Waals surface area (Å²) >= 11 is 0. The summed E-state index contributed by atoms with van der Waals surface area (Å²) in [4.78, 5) is 16.7. The Labute approximate surface area is 182 Å². The van der Waals surface area contributed by atoms with Crippen LogP contribution in [0.15, 0.2) is 71.9 Å². The van der Waals surface area contributed by atoms with Crippen molar-refractivity contribution in [3.63, 3.8) is 0 Å². The van der Waals surface area contributed by atoms with Gasteiger partial charge in [0.15, 0.2) is 6.61 Å². The van der Waals surface area contributed by atoms with Gasteiger partial charge in [0.1, 0.15) is 18.1 Å². The average molecular weight is 415 g/mol. The van der Waals surface area contributed by atoms with Crippen molar-refractivity contribution in [2.24, 2.45) is 5.16 Å². The highest BCUT2D eigenvalue weighted by Crippen LogP contribution is 2.29. The van der Waals surface area contributed by atoms with E-state index in [0.717, 1.165) is 29.7 Å². The molecule has 0 unspecified atom stereocenters. The lowest BCUT2D eigenvalue weighted by Gasteiger charge is -2.11. The number of aryl methyl sites for hydroxylation is 1. The van der Waals surface area contributed by atoms with Gasteiger partial charge in [-0.2, -0.15) is 0 Å². The maximum Gasteiger partial charge on any atom is 0.308 e. The summed E-state index contributed by atoms with van der Waals surface area (Å²) in [5.74, 6) is 0.811. The topological polar surface area (TPSA) is 57.1 Å². The number of oxime groups is 1. The summed E-state index contributed by atoms with van der Waals surface area (Å²) in [6.07, 6.45) is 1.84. The van der Waals surface area contributed by atoms with Crippen LogP contribution in [-0.4, -0.2) is 24.9 Å². The molecule has 0 saturated heterocycles. The third-order valence-electron chi connectivity index (χ3n) is 5.25. The lowest BCUT2D eigenvalue weighted by molar-refractivity contribution is -0.131. The molecule has 0 heterocycles. The quantitative estimate of drug-likeness (QED) is 0.226. The van der Waals surface area contributed by atoms with Crippen LogP contribution in [0.3, 0.4) is 0 Å². The minimum Gasteiger partial charge on any atom is -0.490 e. The molecule has 31 heavy (non-hydrogen) atoms. The van der Waals surface area contributed by atoms with Crippen molar-refractivity contribution in [3.8, 4) is 22.6 Å². The fourth-order valence-electron chi connectivity index (χ4n) is 3.70. The van der Waals surface area contributed by atoms with Gasteiger partial charge in [-0.3, -0.25) is 4.79 Å². The normalized spacial score (nSPS) is 13.7. The average Bonchev–Trinajstić information content (AvgIpc) is 3.18. The van der Waals surface area contributed by atoms with Gasteiger partial charge in [-0.15, -0.1) is 0 Å². The van der Waals surface area contributed by atoms with Crippen LogP contribution >= 0.6 is 0 Å². The molecule has 0 saturated carbocycles. The lowest BCUT2D eigenvalue weighted by atomic mass is 10.0. The second-order valence-corrected chi connectivity index (χ2v) is 7.43. The van der Waals surface area contributed by atoms with Crippen LogP contribution in [0, 0.1) is 6.92 Å². The van der Waals surface area contributed by atoms with E-state index >= 15 is 0 Å². The van der Waals surface area contributed by atoms with Crippen molar-refractivity contribution in [1.29, 1.82) is 0 Å². The lowest BCUT2D eigenvalue weighted by Crippen LogP contribution is -2.08. The van der Waals surface area contributed by atoms with Crippen LogP contribution in [0.5, 0.6) is 11.5 Å². The Bertz CT molecular complexity index is 1110. The molecule has 0 N–H and O–H groups in total. The third kappa shape index (κ3) is 4.94. The highest BCUT2D eigenvalue weighted by molar-refractivity contribution is 6.04. The molecule has 3 aromatic rings. The molecular weight excluding hydrogens is 390 g/mol. The Morgan fingerprint density at radius 3 is 2.52 bits per heavy atom. The Morgan fingerprint density at radius 1 is 0.903 bits per heavy atom. The van der Waals surface area contributed by atoms with E-state index in [-0.39, 0.29) is 5.97 Å². The molecule has 0 atom stereocenters. The number of carbonyl (C=O) groups is 1. The van der Waals surface area contributed by atoms with Gasteiger partial charge in [0.05, 0.1) is 5.71 Å². The molecule has 0 aromatic heterocycles. The van der Waals surface area contributed by atoms with Crippen molar-refractivity contribution < 1.29 is 19.1 Å². The summed E-state index contributed by atoms with van der Waals surface area (Å²) in [7, 11) is 0. The zero-order valence-corrected chi connectivity index (χ0v) is 17.8. The number of esters is 1. The van der Waals surface area contributed by atoms with E-state index in [1.165, 1.54) is 23.6 Å². The van der Waals surface area contributed by atoms with Crippen LogP contribution in [0.1, 0.15) is 30.0 Å². The third-order valence-corrected chi connectivity index (χ3v) is 5.25. The van der Waals surface area contributed by atoms with Crippen LogP contribution in [0.2, 0.25) is 0 Å². The summed E-state index contributed by atoms with van der Waals surface area (Å²) in [5.41, 5.74) is 6.66. The zero-order valence-electron chi connectivity index (χ0n) is 17.8. The second kappa shape index (κ2) is 9.47. The van der Waals surface area contributed by atoms with Crippen molar-refractivity contribution in [3.05, 3.63) is 83.4 Å². The van der Waals surface area contributed by atoms with E-state index in [4.69, 9.17) is 14.3 Å². The number of fused-ring (bicyclic) bond motifs is 1. The molecule has 3 aromatic carbocycles. The van der Waals surface area contributed by atoms with Gasteiger partial charge < -0.3 is 14.3 Å². The van der Waals surface area contributed by atoms with Gasteiger partial charge in [0.2, 0.25) is 0 Å². The number of ether oxygens (including phenoxy) is 2. The number of carbonyl (C=O) groups excluding carboxylic acids is 1.